The second-order valence-corrected chi connectivity index (χ2v) is 7.86. The molecule has 2 unspecified atom stereocenters. The summed E-state index contributed by atoms with van der Waals surface area (Å²) in [6.07, 6.45) is 11.8. The van der Waals surface area contributed by atoms with Gasteiger partial charge < -0.3 is 5.32 Å². The maximum Gasteiger partial charge on any atom is 0.00988 e. The fraction of sp³-hybridized carbons (Fsp3) is 1.00. The lowest BCUT2D eigenvalue weighted by molar-refractivity contribution is 0.0809. The third kappa shape index (κ3) is 3.16. The Morgan fingerprint density at radius 3 is 2.53 bits per heavy atom. The summed E-state index contributed by atoms with van der Waals surface area (Å²) in [5.74, 6) is 1.05. The number of nitrogens with zero attached hydrogens (tertiary/aromatic N) is 1. The number of hydrogen-bond acceptors (Lipinski definition) is 2. The van der Waals surface area contributed by atoms with Gasteiger partial charge in [-0.25, -0.2) is 0 Å². The van der Waals surface area contributed by atoms with Crippen LogP contribution in [0.25, 0.3) is 0 Å². The Bertz CT molecular complexity index is 294. The molecule has 0 aromatic heterocycles. The molecular formula is C17H32N2. The zero-order valence-corrected chi connectivity index (χ0v) is 13.0. The van der Waals surface area contributed by atoms with Crippen LogP contribution in [0.4, 0.5) is 0 Å². The first-order valence-corrected chi connectivity index (χ1v) is 8.64. The van der Waals surface area contributed by atoms with Gasteiger partial charge in [0.05, 0.1) is 0 Å². The highest BCUT2D eigenvalue weighted by Crippen LogP contribution is 2.42. The van der Waals surface area contributed by atoms with Crippen molar-refractivity contribution < 1.29 is 0 Å². The van der Waals surface area contributed by atoms with E-state index in [4.69, 9.17) is 0 Å². The lowest BCUT2D eigenvalue weighted by Gasteiger charge is -2.43. The fourth-order valence-corrected chi connectivity index (χ4v) is 4.76. The summed E-state index contributed by atoms with van der Waals surface area (Å²) in [5, 5.41) is 3.75. The van der Waals surface area contributed by atoms with Crippen LogP contribution < -0.4 is 5.32 Å². The van der Waals surface area contributed by atoms with Gasteiger partial charge >= 0.3 is 0 Å². The predicted octanol–water partition coefficient (Wildman–Crippen LogP) is 3.42. The van der Waals surface area contributed by atoms with Crippen LogP contribution in [0.2, 0.25) is 0 Å². The van der Waals surface area contributed by atoms with E-state index in [2.05, 4.69) is 24.1 Å². The van der Waals surface area contributed by atoms with Gasteiger partial charge in [0.15, 0.2) is 0 Å². The SMILES string of the molecule is CC(C)NCC1(CN2CC3CCC2C3)CCCCC1. The molecule has 2 saturated carbocycles. The highest BCUT2D eigenvalue weighted by atomic mass is 15.2. The number of likely N-dealkylation sites (tertiary alicyclic amines) is 1. The highest BCUT2D eigenvalue weighted by Gasteiger charge is 2.42. The third-order valence-corrected chi connectivity index (χ3v) is 5.86. The molecule has 2 aliphatic carbocycles. The van der Waals surface area contributed by atoms with E-state index in [1.807, 2.05) is 0 Å². The van der Waals surface area contributed by atoms with E-state index in [1.54, 1.807) is 0 Å². The Labute approximate surface area is 119 Å². The third-order valence-electron chi connectivity index (χ3n) is 5.86. The lowest BCUT2D eigenvalue weighted by Crippen LogP contribution is -2.48. The molecule has 1 saturated heterocycles. The molecule has 0 aromatic rings. The van der Waals surface area contributed by atoms with Crippen LogP contribution in [-0.2, 0) is 0 Å². The standard InChI is InChI=1S/C17H32N2/c1-14(2)18-12-17(8-4-3-5-9-17)13-19-11-15-6-7-16(19)10-15/h14-16,18H,3-13H2,1-2H3. The van der Waals surface area contributed by atoms with E-state index in [9.17, 15) is 0 Å². The molecule has 0 radical (unpaired) electrons. The van der Waals surface area contributed by atoms with Gasteiger partial charge in [0.25, 0.3) is 0 Å². The van der Waals surface area contributed by atoms with E-state index in [-0.39, 0.29) is 0 Å². The normalized spacial score (nSPS) is 34.3. The summed E-state index contributed by atoms with van der Waals surface area (Å²) in [7, 11) is 0. The molecule has 0 spiro atoms. The minimum Gasteiger partial charge on any atom is -0.314 e. The molecule has 2 nitrogen and oxygen atoms in total. The van der Waals surface area contributed by atoms with Gasteiger partial charge in [0.1, 0.15) is 0 Å². The summed E-state index contributed by atoms with van der Waals surface area (Å²) in [4.78, 5) is 2.86. The monoisotopic (exact) mass is 264 g/mol. The van der Waals surface area contributed by atoms with Crippen LogP contribution in [0.5, 0.6) is 0 Å². The largest absolute Gasteiger partial charge is 0.314 e. The van der Waals surface area contributed by atoms with Crippen molar-refractivity contribution in [1.82, 2.24) is 10.2 Å². The molecular weight excluding hydrogens is 232 g/mol. The molecule has 0 aromatic carbocycles. The topological polar surface area (TPSA) is 15.3 Å². The van der Waals surface area contributed by atoms with Crippen molar-refractivity contribution in [2.45, 2.75) is 77.3 Å². The van der Waals surface area contributed by atoms with Crippen molar-refractivity contribution in [1.29, 1.82) is 0 Å². The average molecular weight is 264 g/mol. The molecule has 1 aliphatic heterocycles. The van der Waals surface area contributed by atoms with E-state index in [1.165, 1.54) is 71.0 Å². The Balaban J connectivity index is 1.61. The number of piperidine rings is 1. The van der Waals surface area contributed by atoms with Crippen LogP contribution in [0, 0.1) is 11.3 Å². The smallest absolute Gasteiger partial charge is 0.00988 e. The van der Waals surface area contributed by atoms with Crippen LogP contribution in [0.3, 0.4) is 0 Å². The number of fused-ring (bicyclic) bond motifs is 2. The molecule has 1 heterocycles. The molecule has 3 aliphatic rings. The molecule has 19 heavy (non-hydrogen) atoms. The average Bonchev–Trinajstić information content (AvgIpc) is 3.00. The summed E-state index contributed by atoms with van der Waals surface area (Å²) in [6, 6.07) is 1.58. The zero-order chi connectivity index (χ0) is 13.3. The van der Waals surface area contributed by atoms with E-state index in [0.717, 1.165) is 12.0 Å². The maximum atomic E-state index is 3.75. The van der Waals surface area contributed by atoms with Crippen LogP contribution >= 0.6 is 0 Å². The van der Waals surface area contributed by atoms with Gasteiger partial charge in [-0.15, -0.1) is 0 Å². The van der Waals surface area contributed by atoms with Gasteiger partial charge in [0.2, 0.25) is 0 Å². The number of nitrogens with one attached hydrogen (secondary N) is 1. The first-order valence-electron chi connectivity index (χ1n) is 8.64. The van der Waals surface area contributed by atoms with Gasteiger partial charge in [-0.1, -0.05) is 33.1 Å². The zero-order valence-electron chi connectivity index (χ0n) is 13.0. The van der Waals surface area contributed by atoms with E-state index in [0.29, 0.717) is 11.5 Å². The minimum atomic E-state index is 0.590. The molecule has 3 fully saturated rings. The van der Waals surface area contributed by atoms with Crippen molar-refractivity contribution >= 4 is 0 Å². The van der Waals surface area contributed by atoms with E-state index < -0.39 is 0 Å². The molecule has 2 heteroatoms. The second-order valence-electron chi connectivity index (χ2n) is 7.86. The van der Waals surface area contributed by atoms with Crippen LogP contribution in [0.15, 0.2) is 0 Å². The number of hydrogen-bond donors (Lipinski definition) is 1. The van der Waals surface area contributed by atoms with Crippen LogP contribution in [-0.4, -0.2) is 36.6 Å². The molecule has 3 rings (SSSR count). The van der Waals surface area contributed by atoms with E-state index >= 15 is 0 Å². The molecule has 110 valence electrons. The molecule has 2 atom stereocenters. The molecule has 1 N–H and O–H groups in total. The quantitative estimate of drug-likeness (QED) is 0.818. The summed E-state index contributed by atoms with van der Waals surface area (Å²) >= 11 is 0. The van der Waals surface area contributed by atoms with Gasteiger partial charge in [-0.2, -0.15) is 0 Å². The summed E-state index contributed by atoms with van der Waals surface area (Å²) in [5.41, 5.74) is 0.590. The fourth-order valence-electron chi connectivity index (χ4n) is 4.76. The molecule has 0 amide bonds. The highest BCUT2D eigenvalue weighted by molar-refractivity contribution is 4.97. The summed E-state index contributed by atoms with van der Waals surface area (Å²) < 4.78 is 0. The van der Waals surface area contributed by atoms with Crippen molar-refractivity contribution in [3.05, 3.63) is 0 Å². The van der Waals surface area contributed by atoms with Gasteiger partial charge in [0, 0.05) is 31.7 Å². The minimum absolute atomic E-state index is 0.590. The van der Waals surface area contributed by atoms with Crippen molar-refractivity contribution in [3.8, 4) is 0 Å². The number of rotatable bonds is 5. The van der Waals surface area contributed by atoms with Crippen LogP contribution in [0.1, 0.15) is 65.2 Å². The van der Waals surface area contributed by atoms with Crippen molar-refractivity contribution in [2.24, 2.45) is 11.3 Å². The first kappa shape index (κ1) is 13.9. The predicted molar refractivity (Wildman–Crippen MR) is 81.4 cm³/mol. The molecule has 2 bridgehead atoms. The Kier molecular flexibility index (Phi) is 4.19. The Hall–Kier alpha value is -0.0800. The second kappa shape index (κ2) is 5.73. The van der Waals surface area contributed by atoms with Crippen molar-refractivity contribution in [3.63, 3.8) is 0 Å². The first-order chi connectivity index (χ1) is 9.17. The maximum absolute atomic E-state index is 3.75. The van der Waals surface area contributed by atoms with Gasteiger partial charge in [-0.3, -0.25) is 4.90 Å². The van der Waals surface area contributed by atoms with Crippen molar-refractivity contribution in [2.75, 3.05) is 19.6 Å². The lowest BCUT2D eigenvalue weighted by atomic mass is 9.73. The van der Waals surface area contributed by atoms with Gasteiger partial charge in [-0.05, 0) is 43.4 Å². The summed E-state index contributed by atoms with van der Waals surface area (Å²) in [6.45, 7) is 8.61. The Morgan fingerprint density at radius 2 is 1.95 bits per heavy atom. The Morgan fingerprint density at radius 1 is 1.16 bits per heavy atom.